The van der Waals surface area contributed by atoms with Crippen molar-refractivity contribution in [3.05, 3.63) is 27.7 Å². The van der Waals surface area contributed by atoms with Gasteiger partial charge in [0.25, 0.3) is 0 Å². The summed E-state index contributed by atoms with van der Waals surface area (Å²) in [5, 5.41) is 3.46. The van der Waals surface area contributed by atoms with E-state index in [1.54, 1.807) is 22.5 Å². The second-order valence-electron chi connectivity index (χ2n) is 4.77. The van der Waals surface area contributed by atoms with Gasteiger partial charge in [-0.3, -0.25) is 0 Å². The Morgan fingerprint density at radius 2 is 1.89 bits per heavy atom. The largest absolute Gasteiger partial charge is 0.314 e. The third-order valence-corrected chi connectivity index (χ3v) is 6.30. The predicted molar refractivity (Wildman–Crippen MR) is 80.0 cm³/mol. The molecule has 1 fully saturated rings. The van der Waals surface area contributed by atoms with Gasteiger partial charge in [-0.25, -0.2) is 8.42 Å². The Labute approximate surface area is 127 Å². The molecule has 2 rings (SSSR count). The predicted octanol–water partition coefficient (Wildman–Crippen LogP) is 2.47. The lowest BCUT2D eigenvalue weighted by Crippen LogP contribution is -2.57. The Morgan fingerprint density at radius 3 is 2.42 bits per heavy atom. The molecular formula is C12H16BrClN2O2S. The number of sulfonamides is 1. The van der Waals surface area contributed by atoms with Crippen LogP contribution >= 0.6 is 27.5 Å². The van der Waals surface area contributed by atoms with Crippen LogP contribution in [0.3, 0.4) is 0 Å². The fourth-order valence-electron chi connectivity index (χ4n) is 2.39. The molecule has 1 heterocycles. The van der Waals surface area contributed by atoms with E-state index in [2.05, 4.69) is 21.2 Å². The molecule has 0 amide bonds. The van der Waals surface area contributed by atoms with Gasteiger partial charge < -0.3 is 5.32 Å². The van der Waals surface area contributed by atoms with Gasteiger partial charge in [0.05, 0.1) is 5.02 Å². The highest BCUT2D eigenvalue weighted by Crippen LogP contribution is 2.30. The average Bonchev–Trinajstić information content (AvgIpc) is 2.27. The monoisotopic (exact) mass is 366 g/mol. The van der Waals surface area contributed by atoms with Crippen LogP contribution in [-0.4, -0.2) is 37.9 Å². The molecule has 1 aliphatic heterocycles. The summed E-state index contributed by atoms with van der Waals surface area (Å²) < 4.78 is 27.8. The highest BCUT2D eigenvalue weighted by molar-refractivity contribution is 9.10. The minimum absolute atomic E-state index is 0.0894. The maximum absolute atomic E-state index is 12.7. The van der Waals surface area contributed by atoms with E-state index in [0.29, 0.717) is 13.1 Å². The SMILES string of the molecule is CC1CNCC(C)N1S(=O)(=O)c1ccc(Br)cc1Cl. The molecule has 0 spiro atoms. The topological polar surface area (TPSA) is 49.4 Å². The summed E-state index contributed by atoms with van der Waals surface area (Å²) in [7, 11) is -3.57. The molecular weight excluding hydrogens is 352 g/mol. The number of nitrogens with zero attached hydrogens (tertiary/aromatic N) is 1. The Hall–Kier alpha value is -0.140. The van der Waals surface area contributed by atoms with Crippen LogP contribution in [0.15, 0.2) is 27.6 Å². The minimum atomic E-state index is -3.57. The Bertz CT molecular complexity index is 569. The van der Waals surface area contributed by atoms with Gasteiger partial charge in [-0.1, -0.05) is 27.5 Å². The van der Waals surface area contributed by atoms with E-state index in [1.807, 2.05) is 13.8 Å². The number of hydrogen-bond acceptors (Lipinski definition) is 3. The third-order valence-electron chi connectivity index (χ3n) is 3.20. The number of hydrogen-bond donors (Lipinski definition) is 1. The second-order valence-corrected chi connectivity index (χ2v) is 7.90. The van der Waals surface area contributed by atoms with Gasteiger partial charge in [-0.05, 0) is 32.0 Å². The van der Waals surface area contributed by atoms with E-state index in [-0.39, 0.29) is 22.0 Å². The minimum Gasteiger partial charge on any atom is -0.314 e. The zero-order valence-electron chi connectivity index (χ0n) is 10.7. The lowest BCUT2D eigenvalue weighted by atomic mass is 10.2. The first-order chi connectivity index (χ1) is 8.84. The van der Waals surface area contributed by atoms with Gasteiger partial charge in [0.2, 0.25) is 10.0 Å². The molecule has 7 heteroatoms. The number of halogens is 2. The van der Waals surface area contributed by atoms with Crippen molar-refractivity contribution in [2.45, 2.75) is 30.8 Å². The molecule has 0 aromatic heterocycles. The average molecular weight is 368 g/mol. The fraction of sp³-hybridized carbons (Fsp3) is 0.500. The highest BCUT2D eigenvalue weighted by Gasteiger charge is 2.36. The smallest absolute Gasteiger partial charge is 0.245 e. The normalized spacial score (nSPS) is 25.5. The van der Waals surface area contributed by atoms with Crippen molar-refractivity contribution in [1.29, 1.82) is 0 Å². The number of nitrogens with one attached hydrogen (secondary N) is 1. The van der Waals surface area contributed by atoms with Crippen molar-refractivity contribution in [2.75, 3.05) is 13.1 Å². The van der Waals surface area contributed by atoms with Gasteiger partial charge in [0.15, 0.2) is 0 Å². The Morgan fingerprint density at radius 1 is 1.32 bits per heavy atom. The van der Waals surface area contributed by atoms with Crippen LogP contribution in [0.4, 0.5) is 0 Å². The molecule has 0 radical (unpaired) electrons. The molecule has 1 N–H and O–H groups in total. The molecule has 0 aliphatic carbocycles. The number of piperazine rings is 1. The zero-order chi connectivity index (χ0) is 14.2. The van der Waals surface area contributed by atoms with E-state index in [1.165, 1.54) is 0 Å². The van der Waals surface area contributed by atoms with E-state index in [4.69, 9.17) is 11.6 Å². The molecule has 4 nitrogen and oxygen atoms in total. The first-order valence-electron chi connectivity index (χ1n) is 6.03. The molecule has 1 aromatic carbocycles. The van der Waals surface area contributed by atoms with E-state index in [9.17, 15) is 8.42 Å². The molecule has 19 heavy (non-hydrogen) atoms. The van der Waals surface area contributed by atoms with Gasteiger partial charge in [-0.15, -0.1) is 0 Å². The highest BCUT2D eigenvalue weighted by atomic mass is 79.9. The Kier molecular flexibility index (Phi) is 4.57. The van der Waals surface area contributed by atoms with Crippen LogP contribution in [0, 0.1) is 0 Å². The molecule has 106 valence electrons. The summed E-state index contributed by atoms with van der Waals surface area (Å²) >= 11 is 9.36. The molecule has 2 atom stereocenters. The van der Waals surface area contributed by atoms with E-state index < -0.39 is 10.0 Å². The van der Waals surface area contributed by atoms with Crippen molar-refractivity contribution in [3.8, 4) is 0 Å². The van der Waals surface area contributed by atoms with Crippen LogP contribution in [0.25, 0.3) is 0 Å². The molecule has 0 saturated carbocycles. The van der Waals surface area contributed by atoms with Crippen molar-refractivity contribution in [3.63, 3.8) is 0 Å². The van der Waals surface area contributed by atoms with Crippen molar-refractivity contribution in [1.82, 2.24) is 9.62 Å². The van der Waals surface area contributed by atoms with E-state index >= 15 is 0 Å². The van der Waals surface area contributed by atoms with Gasteiger partial charge in [0.1, 0.15) is 4.90 Å². The summed E-state index contributed by atoms with van der Waals surface area (Å²) in [6, 6.07) is 4.66. The number of benzene rings is 1. The molecule has 1 saturated heterocycles. The quantitative estimate of drug-likeness (QED) is 0.873. The van der Waals surface area contributed by atoms with Gasteiger partial charge in [-0.2, -0.15) is 4.31 Å². The molecule has 0 bridgehead atoms. The summed E-state index contributed by atoms with van der Waals surface area (Å²) in [5.74, 6) is 0. The number of rotatable bonds is 2. The van der Waals surface area contributed by atoms with Gasteiger partial charge >= 0.3 is 0 Å². The lowest BCUT2D eigenvalue weighted by molar-refractivity contribution is 0.220. The zero-order valence-corrected chi connectivity index (χ0v) is 13.9. The summed E-state index contributed by atoms with van der Waals surface area (Å²) in [6.07, 6.45) is 0. The van der Waals surface area contributed by atoms with E-state index in [0.717, 1.165) is 4.47 Å². The van der Waals surface area contributed by atoms with Crippen LogP contribution in [0.1, 0.15) is 13.8 Å². The first kappa shape index (κ1) is 15.3. The first-order valence-corrected chi connectivity index (χ1v) is 8.64. The van der Waals surface area contributed by atoms with Crippen LogP contribution in [0.2, 0.25) is 5.02 Å². The summed E-state index contributed by atoms with van der Waals surface area (Å²) in [5.41, 5.74) is 0. The van der Waals surface area contributed by atoms with Crippen LogP contribution in [-0.2, 0) is 10.0 Å². The molecule has 1 aliphatic rings. The maximum Gasteiger partial charge on any atom is 0.245 e. The van der Waals surface area contributed by atoms with Crippen LogP contribution in [0.5, 0.6) is 0 Å². The fourth-order valence-corrected chi connectivity index (χ4v) is 5.22. The summed E-state index contributed by atoms with van der Waals surface area (Å²) in [6.45, 7) is 5.09. The van der Waals surface area contributed by atoms with Crippen molar-refractivity contribution in [2.24, 2.45) is 0 Å². The van der Waals surface area contributed by atoms with Gasteiger partial charge in [0, 0.05) is 29.6 Å². The molecule has 1 aromatic rings. The second kappa shape index (κ2) is 5.69. The van der Waals surface area contributed by atoms with Crippen LogP contribution < -0.4 is 5.32 Å². The lowest BCUT2D eigenvalue weighted by Gasteiger charge is -2.38. The summed E-state index contributed by atoms with van der Waals surface area (Å²) in [4.78, 5) is 0.165. The maximum atomic E-state index is 12.7. The molecule has 2 unspecified atom stereocenters. The van der Waals surface area contributed by atoms with Crippen molar-refractivity contribution >= 4 is 37.6 Å². The standard InChI is InChI=1S/C12H16BrClN2O2S/c1-8-6-15-7-9(2)16(8)19(17,18)12-4-3-10(13)5-11(12)14/h3-5,8-9,15H,6-7H2,1-2H3. The Balaban J connectivity index is 2.46. The third kappa shape index (κ3) is 2.97. The van der Waals surface area contributed by atoms with Crippen molar-refractivity contribution < 1.29 is 8.42 Å².